The van der Waals surface area contributed by atoms with Crippen LogP contribution in [0.5, 0.6) is 5.75 Å². The molecular formula is C19H27N5O3. The van der Waals surface area contributed by atoms with Crippen molar-refractivity contribution in [3.63, 3.8) is 0 Å². The van der Waals surface area contributed by atoms with E-state index in [-0.39, 0.29) is 17.8 Å². The van der Waals surface area contributed by atoms with Crippen molar-refractivity contribution < 1.29 is 14.3 Å². The summed E-state index contributed by atoms with van der Waals surface area (Å²) < 4.78 is 5.81. The van der Waals surface area contributed by atoms with E-state index < -0.39 is 5.91 Å². The van der Waals surface area contributed by atoms with Crippen molar-refractivity contribution in [2.75, 3.05) is 39.3 Å². The quantitative estimate of drug-likeness (QED) is 0.847. The first-order chi connectivity index (χ1) is 13.1. The average molecular weight is 373 g/mol. The van der Waals surface area contributed by atoms with Gasteiger partial charge in [-0.3, -0.25) is 9.69 Å². The van der Waals surface area contributed by atoms with Gasteiger partial charge in [-0.2, -0.15) is 0 Å². The number of pyridine rings is 1. The molecule has 146 valence electrons. The van der Waals surface area contributed by atoms with E-state index in [2.05, 4.69) is 9.88 Å². The minimum absolute atomic E-state index is 0.0337. The number of hydrogen-bond donors (Lipinski definition) is 1. The molecule has 0 radical (unpaired) electrons. The van der Waals surface area contributed by atoms with Gasteiger partial charge in [-0.05, 0) is 31.4 Å². The van der Waals surface area contributed by atoms with E-state index in [4.69, 9.17) is 10.5 Å². The van der Waals surface area contributed by atoms with Gasteiger partial charge in [0.25, 0.3) is 5.91 Å². The van der Waals surface area contributed by atoms with E-state index in [1.165, 1.54) is 25.5 Å². The molecule has 2 N–H and O–H groups in total. The van der Waals surface area contributed by atoms with Crippen molar-refractivity contribution in [2.24, 2.45) is 5.73 Å². The van der Waals surface area contributed by atoms with Crippen LogP contribution in [0, 0.1) is 0 Å². The molecule has 3 amide bonds. The molecule has 4 rings (SSSR count). The molecule has 0 aromatic carbocycles. The Hall–Kier alpha value is -2.35. The van der Waals surface area contributed by atoms with E-state index in [0.717, 1.165) is 38.6 Å². The molecule has 27 heavy (non-hydrogen) atoms. The predicted octanol–water partition coefficient (Wildman–Crippen LogP) is 0.924. The van der Waals surface area contributed by atoms with Gasteiger partial charge in [0.05, 0.1) is 19.3 Å². The molecule has 3 fully saturated rings. The molecule has 2 saturated heterocycles. The number of aromatic nitrogens is 1. The van der Waals surface area contributed by atoms with Crippen LogP contribution in [0.1, 0.15) is 36.2 Å². The smallest absolute Gasteiger partial charge is 0.320 e. The number of nitrogens with two attached hydrogens (primary N) is 1. The number of amides is 3. The Bertz CT molecular complexity index is 685. The Labute approximate surface area is 159 Å². The Balaban J connectivity index is 1.23. The highest BCUT2D eigenvalue weighted by Gasteiger charge is 2.36. The number of rotatable bonds is 4. The fourth-order valence-electron chi connectivity index (χ4n) is 3.90. The van der Waals surface area contributed by atoms with E-state index in [1.54, 1.807) is 12.1 Å². The SMILES string of the molecule is NC(=O)c1ccc(OC2CN(C(=O)N3CCCN(C4CCC4)CC3)C2)cn1. The highest BCUT2D eigenvalue weighted by Crippen LogP contribution is 2.26. The highest BCUT2D eigenvalue weighted by molar-refractivity contribution is 5.90. The number of carbonyl (C=O) groups is 2. The second-order valence-corrected chi connectivity index (χ2v) is 7.63. The first-order valence-electron chi connectivity index (χ1n) is 9.80. The molecule has 0 unspecified atom stereocenters. The van der Waals surface area contributed by atoms with Crippen LogP contribution < -0.4 is 10.5 Å². The molecule has 1 aromatic rings. The number of nitrogens with zero attached hydrogens (tertiary/aromatic N) is 4. The van der Waals surface area contributed by atoms with Gasteiger partial charge in [0.1, 0.15) is 17.5 Å². The van der Waals surface area contributed by atoms with Gasteiger partial charge in [0.15, 0.2) is 0 Å². The van der Waals surface area contributed by atoms with Crippen LogP contribution >= 0.6 is 0 Å². The average Bonchev–Trinajstić information content (AvgIpc) is 2.82. The van der Waals surface area contributed by atoms with E-state index >= 15 is 0 Å². The largest absolute Gasteiger partial charge is 0.485 e. The summed E-state index contributed by atoms with van der Waals surface area (Å²) in [6, 6.07) is 4.09. The van der Waals surface area contributed by atoms with Crippen LogP contribution in [0.2, 0.25) is 0 Å². The molecule has 1 aromatic heterocycles. The van der Waals surface area contributed by atoms with Crippen LogP contribution in [0.25, 0.3) is 0 Å². The minimum atomic E-state index is -0.560. The first kappa shape index (κ1) is 18.0. The molecule has 1 aliphatic carbocycles. The van der Waals surface area contributed by atoms with Crippen LogP contribution in [0.4, 0.5) is 4.79 Å². The van der Waals surface area contributed by atoms with E-state index in [9.17, 15) is 9.59 Å². The lowest BCUT2D eigenvalue weighted by Crippen LogP contribution is -2.60. The number of urea groups is 1. The lowest BCUT2D eigenvalue weighted by molar-refractivity contribution is 0.0306. The van der Waals surface area contributed by atoms with Crippen LogP contribution in [-0.4, -0.2) is 83.0 Å². The summed E-state index contributed by atoms with van der Waals surface area (Å²) in [4.78, 5) is 34.1. The van der Waals surface area contributed by atoms with E-state index in [0.29, 0.717) is 18.8 Å². The molecule has 0 spiro atoms. The Morgan fingerprint density at radius 2 is 1.85 bits per heavy atom. The zero-order valence-electron chi connectivity index (χ0n) is 15.5. The second-order valence-electron chi connectivity index (χ2n) is 7.63. The maximum atomic E-state index is 12.7. The van der Waals surface area contributed by atoms with Crippen molar-refractivity contribution in [1.29, 1.82) is 0 Å². The summed E-state index contributed by atoms with van der Waals surface area (Å²) >= 11 is 0. The normalized spacial score (nSPS) is 21.9. The van der Waals surface area contributed by atoms with Gasteiger partial charge in [-0.15, -0.1) is 0 Å². The summed E-state index contributed by atoms with van der Waals surface area (Å²) in [5.41, 5.74) is 5.39. The maximum absolute atomic E-state index is 12.7. The Morgan fingerprint density at radius 1 is 1.04 bits per heavy atom. The number of hydrogen-bond acceptors (Lipinski definition) is 5. The van der Waals surface area contributed by atoms with Gasteiger partial charge < -0.3 is 20.3 Å². The van der Waals surface area contributed by atoms with Crippen molar-refractivity contribution in [3.05, 3.63) is 24.0 Å². The standard InChI is InChI=1S/C19H27N5O3/c20-18(25)17-6-5-15(11-21-17)27-16-12-24(13-16)19(26)23-8-2-7-22(9-10-23)14-3-1-4-14/h5-6,11,14,16H,1-4,7-10,12-13H2,(H2,20,25). The summed E-state index contributed by atoms with van der Waals surface area (Å²) in [6.45, 7) is 4.91. The van der Waals surface area contributed by atoms with Crippen molar-refractivity contribution in [1.82, 2.24) is 19.7 Å². The van der Waals surface area contributed by atoms with Gasteiger partial charge >= 0.3 is 6.03 Å². The monoisotopic (exact) mass is 373 g/mol. The predicted molar refractivity (Wildman–Crippen MR) is 99.5 cm³/mol. The fraction of sp³-hybridized carbons (Fsp3) is 0.632. The topological polar surface area (TPSA) is 92.0 Å². The fourth-order valence-corrected chi connectivity index (χ4v) is 3.90. The molecule has 0 bridgehead atoms. The Kier molecular flexibility index (Phi) is 5.15. The van der Waals surface area contributed by atoms with Crippen molar-refractivity contribution in [3.8, 4) is 5.75 Å². The number of carbonyl (C=O) groups excluding carboxylic acids is 2. The first-order valence-corrected chi connectivity index (χ1v) is 9.80. The molecule has 2 aliphatic heterocycles. The molecule has 1 saturated carbocycles. The zero-order valence-corrected chi connectivity index (χ0v) is 15.5. The third-order valence-corrected chi connectivity index (χ3v) is 5.80. The summed E-state index contributed by atoms with van der Waals surface area (Å²) in [6.07, 6.45) is 6.48. The molecule has 3 heterocycles. The molecule has 8 nitrogen and oxygen atoms in total. The van der Waals surface area contributed by atoms with Crippen LogP contribution in [0.15, 0.2) is 18.3 Å². The van der Waals surface area contributed by atoms with Crippen molar-refractivity contribution in [2.45, 2.75) is 37.8 Å². The molecule has 3 aliphatic rings. The molecule has 0 atom stereocenters. The third kappa shape index (κ3) is 4.00. The summed E-state index contributed by atoms with van der Waals surface area (Å²) in [7, 11) is 0. The highest BCUT2D eigenvalue weighted by atomic mass is 16.5. The maximum Gasteiger partial charge on any atom is 0.320 e. The zero-order chi connectivity index (χ0) is 18.8. The Morgan fingerprint density at radius 3 is 2.48 bits per heavy atom. The third-order valence-electron chi connectivity index (χ3n) is 5.80. The number of likely N-dealkylation sites (tertiary alicyclic amines) is 1. The summed E-state index contributed by atoms with van der Waals surface area (Å²) in [5.74, 6) is 0.0262. The molecular weight excluding hydrogens is 346 g/mol. The van der Waals surface area contributed by atoms with Gasteiger partial charge in [0.2, 0.25) is 0 Å². The lowest BCUT2D eigenvalue weighted by atomic mass is 9.91. The van der Waals surface area contributed by atoms with Gasteiger partial charge in [-0.1, -0.05) is 6.42 Å². The lowest BCUT2D eigenvalue weighted by Gasteiger charge is -2.41. The number of ether oxygens (including phenoxy) is 1. The summed E-state index contributed by atoms with van der Waals surface area (Å²) in [5, 5.41) is 0. The van der Waals surface area contributed by atoms with Crippen molar-refractivity contribution >= 4 is 11.9 Å². The van der Waals surface area contributed by atoms with Gasteiger partial charge in [0, 0.05) is 32.2 Å². The minimum Gasteiger partial charge on any atom is -0.485 e. The molecule has 8 heteroatoms. The van der Waals surface area contributed by atoms with Gasteiger partial charge in [-0.25, -0.2) is 9.78 Å². The van der Waals surface area contributed by atoms with E-state index in [1.807, 2.05) is 9.80 Å². The second kappa shape index (κ2) is 7.72. The van der Waals surface area contributed by atoms with Crippen LogP contribution in [-0.2, 0) is 0 Å². The number of primary amides is 1. The van der Waals surface area contributed by atoms with Crippen LogP contribution in [0.3, 0.4) is 0 Å².